The Kier molecular flexibility index (Phi) is 7.85. The highest BCUT2D eigenvalue weighted by molar-refractivity contribution is 7.16. The van der Waals surface area contributed by atoms with Crippen molar-refractivity contribution < 1.29 is 18.7 Å². The number of aromatic nitrogens is 2. The standard InChI is InChI=1S/C33H33F2N7O2S/c1-39(33-38-31(29(17-36)45-33)21-4-6-22(34)7-5-21)28-16-27(20-2-3-20)37-32-25(28)14-23(15-26(32)35)41-12-10-40(11-13-41)19-30(44)42-9-8-24(43)18-42/h4-7,14-16,20,24,43H,2-3,8-13,18-19H2,1H3. The Morgan fingerprint density at radius 2 is 1.82 bits per heavy atom. The smallest absolute Gasteiger partial charge is 0.236 e. The predicted octanol–water partition coefficient (Wildman–Crippen LogP) is 4.87. The molecule has 2 aromatic heterocycles. The Bertz CT molecular complexity index is 1800. The lowest BCUT2D eigenvalue weighted by molar-refractivity contribution is -0.131. The third-order valence-electron chi connectivity index (χ3n) is 8.94. The average molecular weight is 630 g/mol. The number of likely N-dealkylation sites (tertiary alicyclic amines) is 1. The topological polar surface area (TPSA) is 99.8 Å². The molecule has 3 aliphatic rings. The molecule has 1 atom stereocenters. The van der Waals surface area contributed by atoms with Gasteiger partial charge in [0, 0.05) is 74.6 Å². The molecule has 1 amide bonds. The van der Waals surface area contributed by atoms with Crippen molar-refractivity contribution in [3.05, 3.63) is 64.7 Å². The summed E-state index contributed by atoms with van der Waals surface area (Å²) in [5.41, 5.74) is 3.77. The fraction of sp³-hybridized carbons (Fsp3) is 0.394. The third-order valence-corrected chi connectivity index (χ3v) is 9.98. The van der Waals surface area contributed by atoms with Gasteiger partial charge in [-0.3, -0.25) is 9.69 Å². The van der Waals surface area contributed by atoms with Gasteiger partial charge in [-0.2, -0.15) is 5.26 Å². The van der Waals surface area contributed by atoms with Crippen molar-refractivity contribution in [2.24, 2.45) is 0 Å². The molecular formula is C33H33F2N7O2S. The van der Waals surface area contributed by atoms with Crippen molar-refractivity contribution in [1.82, 2.24) is 19.8 Å². The number of rotatable bonds is 7. The van der Waals surface area contributed by atoms with Crippen molar-refractivity contribution in [2.75, 3.05) is 62.7 Å². The molecule has 4 heterocycles. The van der Waals surface area contributed by atoms with Crippen LogP contribution in [0.25, 0.3) is 22.2 Å². The summed E-state index contributed by atoms with van der Waals surface area (Å²) in [6.45, 7) is 3.90. The highest BCUT2D eigenvalue weighted by atomic mass is 32.1. The number of carbonyl (C=O) groups is 1. The van der Waals surface area contributed by atoms with Gasteiger partial charge in [-0.05, 0) is 61.7 Å². The molecule has 2 aliphatic heterocycles. The summed E-state index contributed by atoms with van der Waals surface area (Å²) < 4.78 is 29.4. The van der Waals surface area contributed by atoms with Crippen LogP contribution in [0.1, 0.15) is 35.8 Å². The molecule has 1 unspecified atom stereocenters. The van der Waals surface area contributed by atoms with Crippen molar-refractivity contribution in [3.8, 4) is 17.3 Å². The number of fused-ring (bicyclic) bond motifs is 1. The number of aliphatic hydroxyl groups excluding tert-OH is 1. The molecule has 3 fully saturated rings. The molecule has 232 valence electrons. The second-order valence-corrected chi connectivity index (χ2v) is 13.0. The minimum absolute atomic E-state index is 0.0336. The first-order valence-electron chi connectivity index (χ1n) is 15.3. The van der Waals surface area contributed by atoms with E-state index in [4.69, 9.17) is 9.97 Å². The molecule has 2 aromatic carbocycles. The second kappa shape index (κ2) is 12.0. The molecule has 9 nitrogen and oxygen atoms in total. The lowest BCUT2D eigenvalue weighted by Crippen LogP contribution is -2.50. The van der Waals surface area contributed by atoms with E-state index in [0.29, 0.717) is 90.3 Å². The number of anilines is 3. The van der Waals surface area contributed by atoms with Crippen molar-refractivity contribution in [2.45, 2.75) is 31.3 Å². The van der Waals surface area contributed by atoms with Crippen molar-refractivity contribution in [3.63, 3.8) is 0 Å². The molecule has 1 saturated carbocycles. The van der Waals surface area contributed by atoms with Gasteiger partial charge in [-0.15, -0.1) is 0 Å². The number of carbonyl (C=O) groups excluding carboxylic acids is 1. The first-order valence-corrected chi connectivity index (χ1v) is 16.1. The monoisotopic (exact) mass is 629 g/mol. The number of pyridine rings is 1. The molecule has 0 bridgehead atoms. The van der Waals surface area contributed by atoms with Gasteiger partial charge >= 0.3 is 0 Å². The van der Waals surface area contributed by atoms with E-state index in [2.05, 4.69) is 15.9 Å². The summed E-state index contributed by atoms with van der Waals surface area (Å²) >= 11 is 1.24. The number of hydrogen-bond donors (Lipinski definition) is 1. The third kappa shape index (κ3) is 5.95. The highest BCUT2D eigenvalue weighted by Crippen LogP contribution is 2.44. The number of nitrogens with zero attached hydrogens (tertiary/aromatic N) is 7. The van der Waals surface area contributed by atoms with Crippen LogP contribution in [-0.2, 0) is 4.79 Å². The number of piperazine rings is 1. The molecule has 45 heavy (non-hydrogen) atoms. The Labute approximate surface area is 263 Å². The van der Waals surface area contributed by atoms with Gasteiger partial charge in [0.15, 0.2) is 10.9 Å². The van der Waals surface area contributed by atoms with E-state index in [0.717, 1.165) is 29.9 Å². The molecule has 2 saturated heterocycles. The molecular weight excluding hydrogens is 596 g/mol. The zero-order valence-electron chi connectivity index (χ0n) is 24.9. The number of aliphatic hydroxyl groups is 1. The summed E-state index contributed by atoms with van der Waals surface area (Å²) in [5, 5.41) is 20.9. The maximum atomic E-state index is 15.9. The number of benzene rings is 2. The largest absolute Gasteiger partial charge is 0.391 e. The Hall–Kier alpha value is -4.18. The van der Waals surface area contributed by atoms with Crippen LogP contribution in [0.2, 0.25) is 0 Å². The SMILES string of the molecule is CN(c1nc(-c2ccc(F)cc2)c(C#N)s1)c1cc(C2CC2)nc2c(F)cc(N3CCN(CC(=O)N4CCC(O)C4)CC3)cc12. The van der Waals surface area contributed by atoms with Crippen LogP contribution in [-0.4, -0.2) is 89.7 Å². The van der Waals surface area contributed by atoms with E-state index in [1.165, 1.54) is 23.5 Å². The number of halogens is 2. The number of nitriles is 1. The van der Waals surface area contributed by atoms with Gasteiger partial charge in [0.1, 0.15) is 28.0 Å². The van der Waals surface area contributed by atoms with Gasteiger partial charge in [-0.25, -0.2) is 18.7 Å². The van der Waals surface area contributed by atoms with E-state index < -0.39 is 11.9 Å². The van der Waals surface area contributed by atoms with Gasteiger partial charge in [0.2, 0.25) is 5.91 Å². The molecule has 1 N–H and O–H groups in total. The van der Waals surface area contributed by atoms with Crippen LogP contribution in [0, 0.1) is 23.0 Å². The van der Waals surface area contributed by atoms with E-state index in [1.807, 2.05) is 24.1 Å². The maximum absolute atomic E-state index is 15.9. The van der Waals surface area contributed by atoms with Crippen LogP contribution in [0.15, 0.2) is 42.5 Å². The fourth-order valence-electron chi connectivity index (χ4n) is 6.18. The molecule has 1 aliphatic carbocycles. The first kappa shape index (κ1) is 29.5. The highest BCUT2D eigenvalue weighted by Gasteiger charge is 2.30. The van der Waals surface area contributed by atoms with Crippen molar-refractivity contribution >= 4 is 44.7 Å². The molecule has 0 radical (unpaired) electrons. The van der Waals surface area contributed by atoms with Gasteiger partial charge in [0.05, 0.1) is 18.3 Å². The van der Waals surface area contributed by atoms with Gasteiger partial charge in [-0.1, -0.05) is 11.3 Å². The van der Waals surface area contributed by atoms with Crippen LogP contribution in [0.5, 0.6) is 0 Å². The predicted molar refractivity (Wildman–Crippen MR) is 170 cm³/mol. The lowest BCUT2D eigenvalue weighted by Gasteiger charge is -2.36. The average Bonchev–Trinajstić information content (AvgIpc) is 3.66. The number of hydrogen-bond acceptors (Lipinski definition) is 9. The second-order valence-electron chi connectivity index (χ2n) is 12.1. The Morgan fingerprint density at radius 1 is 1.07 bits per heavy atom. The quantitative estimate of drug-likeness (QED) is 0.309. The summed E-state index contributed by atoms with van der Waals surface area (Å²) in [4.78, 5) is 30.5. The van der Waals surface area contributed by atoms with Crippen LogP contribution in [0.3, 0.4) is 0 Å². The van der Waals surface area contributed by atoms with E-state index in [1.54, 1.807) is 23.1 Å². The zero-order valence-corrected chi connectivity index (χ0v) is 25.7. The number of β-amino-alcohol motifs (C(OH)–C–C–N with tert-alkyl or cyclic N) is 1. The normalized spacial score (nSPS) is 18.9. The molecule has 0 spiro atoms. The molecule has 7 rings (SSSR count). The summed E-state index contributed by atoms with van der Waals surface area (Å²) in [7, 11) is 1.86. The van der Waals surface area contributed by atoms with Crippen LogP contribution >= 0.6 is 11.3 Å². The maximum Gasteiger partial charge on any atom is 0.236 e. The fourth-order valence-corrected chi connectivity index (χ4v) is 7.04. The zero-order chi connectivity index (χ0) is 31.2. The van der Waals surface area contributed by atoms with Crippen LogP contribution < -0.4 is 9.80 Å². The van der Waals surface area contributed by atoms with Gasteiger partial charge < -0.3 is 19.8 Å². The van der Waals surface area contributed by atoms with Crippen LogP contribution in [0.4, 0.5) is 25.3 Å². The Morgan fingerprint density at radius 3 is 2.49 bits per heavy atom. The van der Waals surface area contributed by atoms with Gasteiger partial charge in [0.25, 0.3) is 0 Å². The summed E-state index contributed by atoms with van der Waals surface area (Å²) in [6, 6.07) is 13.7. The summed E-state index contributed by atoms with van der Waals surface area (Å²) in [5.74, 6) is -0.433. The summed E-state index contributed by atoms with van der Waals surface area (Å²) in [6.07, 6.45) is 2.21. The van der Waals surface area contributed by atoms with E-state index in [9.17, 15) is 19.6 Å². The lowest BCUT2D eigenvalue weighted by atomic mass is 10.1. The minimum atomic E-state index is -0.437. The molecule has 12 heteroatoms. The van der Waals surface area contributed by atoms with E-state index in [-0.39, 0.29) is 11.7 Å². The van der Waals surface area contributed by atoms with Crippen molar-refractivity contribution in [1.29, 1.82) is 5.26 Å². The number of thiazole rings is 1. The Balaban J connectivity index is 1.17. The molecule has 4 aromatic rings. The van der Waals surface area contributed by atoms with E-state index >= 15 is 4.39 Å². The first-order chi connectivity index (χ1) is 21.8. The number of amides is 1. The minimum Gasteiger partial charge on any atom is -0.391 e.